The Labute approximate surface area is 91.7 Å². The van der Waals surface area contributed by atoms with E-state index in [9.17, 15) is 9.59 Å². The zero-order chi connectivity index (χ0) is 9.59. The highest BCUT2D eigenvalue weighted by atomic mass is 35.5. The fourth-order valence-corrected chi connectivity index (χ4v) is 2.78. The number of fused-ring (bicyclic) bond motifs is 1. The number of rotatable bonds is 1. The zero-order valence-electron chi connectivity index (χ0n) is 7.52. The molecule has 4 nitrogen and oxygen atoms in total. The van der Waals surface area contributed by atoms with Gasteiger partial charge in [-0.2, -0.15) is 0 Å². The Balaban J connectivity index is 0.000000980. The van der Waals surface area contributed by atoms with Gasteiger partial charge in [0.05, 0.1) is 11.8 Å². The summed E-state index contributed by atoms with van der Waals surface area (Å²) in [7, 11) is 0. The average Bonchev–Trinajstić information content (AvgIpc) is 2.05. The predicted octanol–water partition coefficient (Wildman–Crippen LogP) is 1.07. The van der Waals surface area contributed by atoms with Gasteiger partial charge in [0.15, 0.2) is 0 Å². The minimum absolute atomic E-state index is 0. The van der Waals surface area contributed by atoms with Crippen LogP contribution in [-0.4, -0.2) is 33.0 Å². The van der Waals surface area contributed by atoms with Gasteiger partial charge in [-0.15, -0.1) is 24.2 Å². The number of halogens is 1. The van der Waals surface area contributed by atoms with E-state index >= 15 is 0 Å². The molecule has 0 aliphatic carbocycles. The van der Waals surface area contributed by atoms with Crippen molar-refractivity contribution in [2.24, 2.45) is 0 Å². The molecule has 1 amide bonds. The summed E-state index contributed by atoms with van der Waals surface area (Å²) >= 11 is 1.63. The molecule has 0 spiro atoms. The summed E-state index contributed by atoms with van der Waals surface area (Å²) in [5, 5.41) is 8.96. The number of hydrogen-bond acceptors (Lipinski definition) is 3. The van der Waals surface area contributed by atoms with Crippen molar-refractivity contribution in [1.82, 2.24) is 4.90 Å². The molecular formula is C8H10ClNO3S. The van der Waals surface area contributed by atoms with Gasteiger partial charge in [-0.05, 0) is 12.5 Å². The number of thioether (sulfide) groups is 1. The standard InChI is InChI=1S/C8H9NO3S.ClH/c1-4-3-13-6-2-5(10)9(6)7(4)8(11)12;/h6H,2-3H2,1H3,(H,11,12);1H/t6-;/m1./s1. The number of carboxylic acids is 1. The number of carbonyl (C=O) groups excluding carboxylic acids is 1. The summed E-state index contributed by atoms with van der Waals surface area (Å²) in [4.78, 5) is 23.4. The van der Waals surface area contributed by atoms with Gasteiger partial charge in [0, 0.05) is 5.75 Å². The van der Waals surface area contributed by atoms with Crippen molar-refractivity contribution in [2.75, 3.05) is 5.75 Å². The minimum atomic E-state index is -0.990. The topological polar surface area (TPSA) is 57.6 Å². The number of nitrogens with zero attached hydrogens (tertiary/aromatic N) is 1. The molecule has 6 heteroatoms. The first kappa shape index (κ1) is 11.4. The smallest absolute Gasteiger partial charge is 0.352 e. The second kappa shape index (κ2) is 3.82. The Hall–Kier alpha value is -0.680. The number of carbonyl (C=O) groups is 2. The van der Waals surface area contributed by atoms with Crippen LogP contribution in [0.15, 0.2) is 11.3 Å². The first-order valence-corrected chi connectivity index (χ1v) is 5.03. The van der Waals surface area contributed by atoms with Crippen LogP contribution < -0.4 is 0 Å². The Morgan fingerprint density at radius 1 is 1.64 bits per heavy atom. The molecule has 14 heavy (non-hydrogen) atoms. The van der Waals surface area contributed by atoms with E-state index in [0.717, 1.165) is 11.3 Å². The van der Waals surface area contributed by atoms with Crippen LogP contribution in [0.5, 0.6) is 0 Å². The average molecular weight is 236 g/mol. The van der Waals surface area contributed by atoms with Gasteiger partial charge in [-0.1, -0.05) is 0 Å². The first-order valence-electron chi connectivity index (χ1n) is 3.98. The Morgan fingerprint density at radius 3 is 2.71 bits per heavy atom. The molecule has 1 N–H and O–H groups in total. The minimum Gasteiger partial charge on any atom is -0.477 e. The molecule has 2 heterocycles. The van der Waals surface area contributed by atoms with Crippen LogP contribution in [0.1, 0.15) is 13.3 Å². The van der Waals surface area contributed by atoms with Gasteiger partial charge in [-0.3, -0.25) is 9.69 Å². The molecule has 0 aromatic carbocycles. The molecule has 0 aromatic heterocycles. The van der Waals surface area contributed by atoms with Crippen molar-refractivity contribution in [3.63, 3.8) is 0 Å². The van der Waals surface area contributed by atoms with Gasteiger partial charge in [0.25, 0.3) is 0 Å². The largest absolute Gasteiger partial charge is 0.477 e. The summed E-state index contributed by atoms with van der Waals surface area (Å²) in [5.41, 5.74) is 0.974. The molecule has 0 saturated carbocycles. The molecule has 2 aliphatic rings. The molecule has 0 aromatic rings. The number of aliphatic carboxylic acids is 1. The first-order chi connectivity index (χ1) is 6.11. The lowest BCUT2D eigenvalue weighted by Crippen LogP contribution is -2.53. The number of hydrogen-bond donors (Lipinski definition) is 1. The molecule has 1 atom stereocenters. The molecular weight excluding hydrogens is 226 g/mol. The molecule has 78 valence electrons. The lowest BCUT2D eigenvalue weighted by atomic mass is 10.1. The van der Waals surface area contributed by atoms with Crippen molar-refractivity contribution < 1.29 is 14.7 Å². The quantitative estimate of drug-likeness (QED) is 0.691. The SMILES string of the molecule is CC1=C(C(=O)O)N2C(=O)C[C@H]2SC1.Cl. The highest BCUT2D eigenvalue weighted by Gasteiger charge is 2.44. The highest BCUT2D eigenvalue weighted by molar-refractivity contribution is 8.00. The van der Waals surface area contributed by atoms with Gasteiger partial charge in [-0.25, -0.2) is 4.79 Å². The third-order valence-corrected chi connectivity index (χ3v) is 3.61. The van der Waals surface area contributed by atoms with E-state index in [1.54, 1.807) is 18.7 Å². The van der Waals surface area contributed by atoms with Crippen LogP contribution in [0.3, 0.4) is 0 Å². The van der Waals surface area contributed by atoms with Crippen LogP contribution in [-0.2, 0) is 9.59 Å². The number of β-lactam (4-membered cyclic amide) rings is 1. The summed E-state index contributed by atoms with van der Waals surface area (Å²) in [6.45, 7) is 1.76. The molecule has 2 aliphatic heterocycles. The molecule has 2 rings (SSSR count). The lowest BCUT2D eigenvalue weighted by Gasteiger charge is -2.43. The van der Waals surface area contributed by atoms with E-state index in [1.807, 2.05) is 0 Å². The Kier molecular flexibility index (Phi) is 3.11. The van der Waals surface area contributed by atoms with Gasteiger partial charge in [0.2, 0.25) is 5.91 Å². The second-order valence-corrected chi connectivity index (χ2v) is 4.33. The fourth-order valence-electron chi connectivity index (χ4n) is 1.57. The molecule has 1 saturated heterocycles. The third kappa shape index (κ3) is 1.50. The monoisotopic (exact) mass is 235 g/mol. The van der Waals surface area contributed by atoms with E-state index in [0.29, 0.717) is 6.42 Å². The Bertz CT molecular complexity index is 329. The summed E-state index contributed by atoms with van der Waals surface area (Å²) in [6, 6.07) is 0. The van der Waals surface area contributed by atoms with Crippen molar-refractivity contribution in [1.29, 1.82) is 0 Å². The fraction of sp³-hybridized carbons (Fsp3) is 0.500. The summed E-state index contributed by atoms with van der Waals surface area (Å²) in [5.74, 6) is -0.347. The third-order valence-electron chi connectivity index (χ3n) is 2.25. The van der Waals surface area contributed by atoms with Gasteiger partial charge in [0.1, 0.15) is 5.70 Å². The maximum absolute atomic E-state index is 11.1. The number of carboxylic acid groups (broad SMARTS) is 1. The van der Waals surface area contributed by atoms with E-state index in [1.165, 1.54) is 4.90 Å². The maximum Gasteiger partial charge on any atom is 0.352 e. The molecule has 0 radical (unpaired) electrons. The summed E-state index contributed by atoms with van der Waals surface area (Å²) in [6.07, 6.45) is 0.481. The van der Waals surface area contributed by atoms with E-state index in [4.69, 9.17) is 5.11 Å². The summed E-state index contributed by atoms with van der Waals surface area (Å²) < 4.78 is 0. The number of amides is 1. The van der Waals surface area contributed by atoms with Gasteiger partial charge < -0.3 is 5.11 Å². The lowest BCUT2D eigenvalue weighted by molar-refractivity contribution is -0.146. The van der Waals surface area contributed by atoms with Crippen molar-refractivity contribution in [2.45, 2.75) is 18.7 Å². The molecule has 0 unspecified atom stereocenters. The predicted molar refractivity (Wildman–Crippen MR) is 55.3 cm³/mol. The van der Waals surface area contributed by atoms with E-state index in [-0.39, 0.29) is 29.4 Å². The zero-order valence-corrected chi connectivity index (χ0v) is 9.15. The van der Waals surface area contributed by atoms with Crippen LogP contribution in [0.2, 0.25) is 0 Å². The molecule has 1 fully saturated rings. The van der Waals surface area contributed by atoms with Crippen molar-refractivity contribution in [3.8, 4) is 0 Å². The van der Waals surface area contributed by atoms with E-state index in [2.05, 4.69) is 0 Å². The van der Waals surface area contributed by atoms with Crippen LogP contribution >= 0.6 is 24.2 Å². The van der Waals surface area contributed by atoms with Crippen LogP contribution in [0.4, 0.5) is 0 Å². The second-order valence-electron chi connectivity index (χ2n) is 3.17. The maximum atomic E-state index is 11.1. The van der Waals surface area contributed by atoms with Crippen molar-refractivity contribution >= 4 is 36.0 Å². The Morgan fingerprint density at radius 2 is 2.29 bits per heavy atom. The van der Waals surface area contributed by atoms with Gasteiger partial charge >= 0.3 is 5.97 Å². The highest BCUT2D eigenvalue weighted by Crippen LogP contribution is 2.39. The molecule has 0 bridgehead atoms. The van der Waals surface area contributed by atoms with Crippen molar-refractivity contribution in [3.05, 3.63) is 11.3 Å². The van der Waals surface area contributed by atoms with Crippen LogP contribution in [0, 0.1) is 0 Å². The normalized spacial score (nSPS) is 25.1. The van der Waals surface area contributed by atoms with E-state index < -0.39 is 5.97 Å². The van der Waals surface area contributed by atoms with Crippen LogP contribution in [0.25, 0.3) is 0 Å².